The van der Waals surface area contributed by atoms with Crippen LogP contribution in [-0.4, -0.2) is 18.3 Å². The van der Waals surface area contributed by atoms with E-state index >= 15 is 0 Å². The van der Waals surface area contributed by atoms with Gasteiger partial charge in [0.05, 0.1) is 10.0 Å². The fraction of sp³-hybridized carbons (Fsp3) is 0.125. The summed E-state index contributed by atoms with van der Waals surface area (Å²) in [5.74, 6) is 0. The van der Waals surface area contributed by atoms with Gasteiger partial charge in [0.1, 0.15) is 19.5 Å². The van der Waals surface area contributed by atoms with Crippen molar-refractivity contribution in [2.75, 3.05) is 12.8 Å². The summed E-state index contributed by atoms with van der Waals surface area (Å²) in [6, 6.07) is 3.30. The third kappa shape index (κ3) is 1.71. The van der Waals surface area contributed by atoms with Crippen molar-refractivity contribution in [3.63, 3.8) is 0 Å². The van der Waals surface area contributed by atoms with Crippen molar-refractivity contribution in [2.45, 2.75) is 0 Å². The maximum Gasteiger partial charge on any atom is 0.229 e. The highest BCUT2D eigenvalue weighted by Crippen LogP contribution is 2.31. The normalized spacial score (nSPS) is 9.92. The van der Waals surface area contributed by atoms with Crippen LogP contribution in [0.15, 0.2) is 12.1 Å². The molecule has 1 aromatic rings. The largest absolute Gasteiger partial charge is 0.393 e. The molecule has 0 aliphatic heterocycles. The lowest BCUT2D eigenvalue weighted by atomic mass is 10.2. The first-order valence-corrected chi connectivity index (χ1v) is 4.06. The maximum atomic E-state index is 5.79. The lowest BCUT2D eigenvalue weighted by Gasteiger charge is -2.01. The highest BCUT2D eigenvalue weighted by molar-refractivity contribution is 6.42. The number of hydrogen-bond acceptors (Lipinski definition) is 1. The van der Waals surface area contributed by atoms with Crippen molar-refractivity contribution in [2.24, 2.45) is 0 Å². The lowest BCUT2D eigenvalue weighted by molar-refractivity contribution is -0.393. The van der Waals surface area contributed by atoms with Gasteiger partial charge >= 0.3 is 0 Å². The number of anilines is 1. The Morgan fingerprint density at radius 2 is 1.83 bits per heavy atom. The molecule has 0 radical (unpaired) electrons. The van der Waals surface area contributed by atoms with Gasteiger partial charge in [-0.25, -0.2) is 4.58 Å². The van der Waals surface area contributed by atoms with Gasteiger partial charge in [-0.15, -0.1) is 0 Å². The van der Waals surface area contributed by atoms with E-state index in [1.54, 1.807) is 23.8 Å². The zero-order chi connectivity index (χ0) is 9.30. The minimum atomic E-state index is 0.458. The molecular formula is C8H9Cl2N2+. The molecule has 0 bridgehead atoms. The van der Waals surface area contributed by atoms with Gasteiger partial charge < -0.3 is 5.73 Å². The number of nitrogen functional groups attached to an aromatic ring is 1. The van der Waals surface area contributed by atoms with E-state index in [1.165, 1.54) is 0 Å². The molecule has 64 valence electrons. The molecule has 12 heavy (non-hydrogen) atoms. The summed E-state index contributed by atoms with van der Waals surface area (Å²) in [5.41, 5.74) is 7.01. The zero-order valence-electron chi connectivity index (χ0n) is 6.64. The first-order valence-electron chi connectivity index (χ1n) is 3.31. The fourth-order valence-corrected chi connectivity index (χ4v) is 1.21. The van der Waals surface area contributed by atoms with Crippen LogP contribution < -0.4 is 5.73 Å². The topological polar surface area (TPSA) is 29.0 Å². The number of nitrogens with zero attached hydrogens (tertiary/aromatic N) is 1. The summed E-state index contributed by atoms with van der Waals surface area (Å²) in [7, 11) is 1.79. The maximum absolute atomic E-state index is 5.79. The average molecular weight is 204 g/mol. The summed E-state index contributed by atoms with van der Waals surface area (Å²) in [6.45, 7) is 3.69. The van der Waals surface area contributed by atoms with E-state index in [4.69, 9.17) is 28.9 Å². The van der Waals surface area contributed by atoms with Crippen LogP contribution >= 0.6 is 23.2 Å². The predicted molar refractivity (Wildman–Crippen MR) is 53.8 cm³/mol. The van der Waals surface area contributed by atoms with Crippen LogP contribution in [0.25, 0.3) is 0 Å². The molecule has 0 heterocycles. The van der Waals surface area contributed by atoms with Gasteiger partial charge in [0, 0.05) is 6.07 Å². The Bertz CT molecular complexity index is 334. The van der Waals surface area contributed by atoms with Crippen molar-refractivity contribution in [3.8, 4) is 0 Å². The van der Waals surface area contributed by atoms with Crippen LogP contribution in [0.3, 0.4) is 0 Å². The Morgan fingerprint density at radius 1 is 1.33 bits per heavy atom. The molecule has 0 unspecified atom stereocenters. The summed E-state index contributed by atoms with van der Waals surface area (Å²) < 4.78 is 1.64. The van der Waals surface area contributed by atoms with E-state index in [-0.39, 0.29) is 0 Å². The summed E-state index contributed by atoms with van der Waals surface area (Å²) in [4.78, 5) is 0. The number of nitrogens with two attached hydrogens (primary N) is 1. The highest BCUT2D eigenvalue weighted by Gasteiger charge is 2.10. The summed E-state index contributed by atoms with van der Waals surface area (Å²) in [6.07, 6.45) is 0. The van der Waals surface area contributed by atoms with Crippen LogP contribution in [0.2, 0.25) is 10.0 Å². The SMILES string of the molecule is C=[N+](C)c1cc(Cl)c(Cl)cc1N. The van der Waals surface area contributed by atoms with Gasteiger partial charge in [0.25, 0.3) is 0 Å². The van der Waals surface area contributed by atoms with Crippen molar-refractivity contribution in [3.05, 3.63) is 22.2 Å². The second-order valence-corrected chi connectivity index (χ2v) is 3.34. The van der Waals surface area contributed by atoms with Crippen molar-refractivity contribution < 1.29 is 4.58 Å². The molecule has 2 N–H and O–H groups in total. The van der Waals surface area contributed by atoms with Gasteiger partial charge in [-0.1, -0.05) is 23.2 Å². The number of hydrogen-bond donors (Lipinski definition) is 1. The Morgan fingerprint density at radius 3 is 2.33 bits per heavy atom. The Balaban J connectivity index is 3.33. The van der Waals surface area contributed by atoms with Crippen LogP contribution in [0.1, 0.15) is 0 Å². The predicted octanol–water partition coefficient (Wildman–Crippen LogP) is 2.55. The van der Waals surface area contributed by atoms with E-state index in [1.807, 2.05) is 0 Å². The quantitative estimate of drug-likeness (QED) is 0.425. The van der Waals surface area contributed by atoms with Crippen LogP contribution in [-0.2, 0) is 0 Å². The smallest absolute Gasteiger partial charge is 0.229 e. The molecule has 0 aromatic heterocycles. The molecule has 0 fully saturated rings. The van der Waals surface area contributed by atoms with Gasteiger partial charge in [-0.05, 0) is 6.07 Å². The molecule has 1 rings (SSSR count). The number of halogens is 2. The first kappa shape index (κ1) is 9.36. The standard InChI is InChI=1S/C8H9Cl2N2/c1-12(2)8-4-6(10)5(9)3-7(8)11/h3-4H,1,11H2,2H3/q+1. The van der Waals surface area contributed by atoms with Gasteiger partial charge in [0.15, 0.2) is 0 Å². The molecule has 0 amide bonds. The van der Waals surface area contributed by atoms with E-state index in [0.29, 0.717) is 15.7 Å². The number of rotatable bonds is 1. The minimum Gasteiger partial charge on any atom is -0.393 e. The van der Waals surface area contributed by atoms with Crippen molar-refractivity contribution >= 4 is 41.3 Å². The van der Waals surface area contributed by atoms with Crippen molar-refractivity contribution in [1.29, 1.82) is 0 Å². The summed E-state index contributed by atoms with van der Waals surface area (Å²) in [5, 5.41) is 0.941. The van der Waals surface area contributed by atoms with Crippen molar-refractivity contribution in [1.82, 2.24) is 0 Å². The Kier molecular flexibility index (Phi) is 2.60. The molecule has 0 spiro atoms. The second-order valence-electron chi connectivity index (χ2n) is 2.52. The first-order chi connectivity index (χ1) is 5.52. The second kappa shape index (κ2) is 3.33. The third-order valence-corrected chi connectivity index (χ3v) is 2.20. The van der Waals surface area contributed by atoms with E-state index in [2.05, 4.69) is 6.72 Å². The molecular weight excluding hydrogens is 195 g/mol. The van der Waals surface area contributed by atoms with E-state index < -0.39 is 0 Å². The molecule has 0 saturated heterocycles. The Labute approximate surface area is 81.2 Å². The molecule has 0 atom stereocenters. The fourth-order valence-electron chi connectivity index (χ4n) is 0.882. The van der Waals surface area contributed by atoms with Gasteiger partial charge in [-0.3, -0.25) is 0 Å². The highest BCUT2D eigenvalue weighted by atomic mass is 35.5. The van der Waals surface area contributed by atoms with E-state index in [0.717, 1.165) is 5.69 Å². The molecule has 0 aliphatic carbocycles. The molecule has 4 heteroatoms. The lowest BCUT2D eigenvalue weighted by Crippen LogP contribution is -1.98. The number of benzene rings is 1. The minimum absolute atomic E-state index is 0.458. The Hall–Kier alpha value is -0.730. The van der Waals surface area contributed by atoms with Crippen LogP contribution in [0.5, 0.6) is 0 Å². The molecule has 2 nitrogen and oxygen atoms in total. The third-order valence-electron chi connectivity index (χ3n) is 1.48. The summed E-state index contributed by atoms with van der Waals surface area (Å²) >= 11 is 11.5. The van der Waals surface area contributed by atoms with Crippen LogP contribution in [0, 0.1) is 0 Å². The monoisotopic (exact) mass is 203 g/mol. The van der Waals surface area contributed by atoms with Crippen LogP contribution in [0.4, 0.5) is 11.4 Å². The molecule has 0 aliphatic rings. The van der Waals surface area contributed by atoms with Gasteiger partial charge in [0.2, 0.25) is 5.69 Å². The average Bonchev–Trinajstić information content (AvgIpc) is 1.96. The molecule has 1 aromatic carbocycles. The molecule has 0 saturated carbocycles. The van der Waals surface area contributed by atoms with E-state index in [9.17, 15) is 0 Å². The zero-order valence-corrected chi connectivity index (χ0v) is 8.15. The van der Waals surface area contributed by atoms with Gasteiger partial charge in [-0.2, -0.15) is 0 Å².